The number of hydrogen-bond donors (Lipinski definition) is 2. The van der Waals surface area contributed by atoms with E-state index in [2.05, 4.69) is 49.7 Å². The predicted octanol–water partition coefficient (Wildman–Crippen LogP) is 2.67. The average molecular weight is 437 g/mol. The van der Waals surface area contributed by atoms with Gasteiger partial charge in [0.2, 0.25) is 5.91 Å². The van der Waals surface area contributed by atoms with Gasteiger partial charge >= 0.3 is 0 Å². The van der Waals surface area contributed by atoms with E-state index in [9.17, 15) is 9.59 Å². The van der Waals surface area contributed by atoms with Crippen molar-refractivity contribution in [3.05, 3.63) is 64.8 Å². The first-order valence-electron chi connectivity index (χ1n) is 10.2. The van der Waals surface area contributed by atoms with Crippen molar-refractivity contribution >= 4 is 34.1 Å². The topological polar surface area (TPSA) is 114 Å². The number of aromatic nitrogens is 3. The maximum absolute atomic E-state index is 12.4. The SMILES string of the molecule is NC(=O)Cc1csc(NC(=O)c2ccc(N3CCC(Cc4ccccc4)CC3)nn2)n1. The molecular formula is C22H24N6O2S. The number of hydrogen-bond acceptors (Lipinski definition) is 7. The Kier molecular flexibility index (Phi) is 6.51. The summed E-state index contributed by atoms with van der Waals surface area (Å²) in [5.74, 6) is 0.608. The summed E-state index contributed by atoms with van der Waals surface area (Å²) in [7, 11) is 0. The number of nitrogens with two attached hydrogens (primary N) is 1. The van der Waals surface area contributed by atoms with E-state index in [0.717, 1.165) is 38.2 Å². The third-order valence-electron chi connectivity index (χ3n) is 5.32. The predicted molar refractivity (Wildman–Crippen MR) is 120 cm³/mol. The fourth-order valence-corrected chi connectivity index (χ4v) is 4.42. The second kappa shape index (κ2) is 9.65. The van der Waals surface area contributed by atoms with Crippen molar-refractivity contribution in [3.63, 3.8) is 0 Å². The van der Waals surface area contributed by atoms with E-state index >= 15 is 0 Å². The first kappa shape index (κ1) is 20.9. The Labute approximate surface area is 184 Å². The fourth-order valence-electron chi connectivity index (χ4n) is 3.71. The highest BCUT2D eigenvalue weighted by Gasteiger charge is 2.21. The van der Waals surface area contributed by atoms with E-state index in [-0.39, 0.29) is 18.0 Å². The molecule has 0 unspecified atom stereocenters. The number of benzene rings is 1. The van der Waals surface area contributed by atoms with Gasteiger partial charge < -0.3 is 10.6 Å². The maximum Gasteiger partial charge on any atom is 0.277 e. The van der Waals surface area contributed by atoms with Crippen LogP contribution in [0.2, 0.25) is 0 Å². The second-order valence-corrected chi connectivity index (χ2v) is 8.50. The Hall–Kier alpha value is -3.33. The molecule has 3 heterocycles. The number of piperidine rings is 1. The van der Waals surface area contributed by atoms with E-state index in [1.54, 1.807) is 11.4 Å². The van der Waals surface area contributed by atoms with Crippen LogP contribution >= 0.6 is 11.3 Å². The third-order valence-corrected chi connectivity index (χ3v) is 6.12. The van der Waals surface area contributed by atoms with Crippen LogP contribution in [-0.4, -0.2) is 40.1 Å². The van der Waals surface area contributed by atoms with Gasteiger partial charge in [-0.05, 0) is 42.9 Å². The number of carbonyl (C=O) groups excluding carboxylic acids is 2. The van der Waals surface area contributed by atoms with Crippen LogP contribution in [0.3, 0.4) is 0 Å². The molecular weight excluding hydrogens is 412 g/mol. The number of nitrogens with one attached hydrogen (secondary N) is 1. The standard InChI is InChI=1S/C22H24N6O2S/c23-19(29)13-17-14-31-22(24-17)25-21(30)18-6-7-20(27-26-18)28-10-8-16(9-11-28)12-15-4-2-1-3-5-15/h1-7,14,16H,8-13H2,(H2,23,29)(H,24,25,30). The molecule has 0 spiro atoms. The number of anilines is 2. The summed E-state index contributed by atoms with van der Waals surface area (Å²) in [5.41, 5.74) is 7.30. The highest BCUT2D eigenvalue weighted by Crippen LogP contribution is 2.24. The van der Waals surface area contributed by atoms with Crippen LogP contribution in [0.25, 0.3) is 0 Å². The molecule has 0 atom stereocenters. The summed E-state index contributed by atoms with van der Waals surface area (Å²) in [6.45, 7) is 1.86. The third kappa shape index (κ3) is 5.64. The largest absolute Gasteiger partial charge is 0.369 e. The van der Waals surface area contributed by atoms with Gasteiger partial charge in [0.1, 0.15) is 0 Å². The van der Waals surface area contributed by atoms with Gasteiger partial charge in [0, 0.05) is 18.5 Å². The zero-order chi connectivity index (χ0) is 21.6. The van der Waals surface area contributed by atoms with Crippen LogP contribution in [0.15, 0.2) is 47.8 Å². The summed E-state index contributed by atoms with van der Waals surface area (Å²) in [6.07, 6.45) is 3.37. The number of thiazole rings is 1. The van der Waals surface area contributed by atoms with E-state index in [1.807, 2.05) is 12.1 Å². The highest BCUT2D eigenvalue weighted by atomic mass is 32.1. The number of nitrogens with zero attached hydrogens (tertiary/aromatic N) is 4. The van der Waals surface area contributed by atoms with Crippen LogP contribution in [0, 0.1) is 5.92 Å². The lowest BCUT2D eigenvalue weighted by Crippen LogP contribution is -2.35. The summed E-state index contributed by atoms with van der Waals surface area (Å²) < 4.78 is 0. The van der Waals surface area contributed by atoms with Gasteiger partial charge in [0.15, 0.2) is 16.6 Å². The van der Waals surface area contributed by atoms with Crippen molar-refractivity contribution in [2.45, 2.75) is 25.7 Å². The van der Waals surface area contributed by atoms with Gasteiger partial charge in [-0.1, -0.05) is 30.3 Å². The lowest BCUT2D eigenvalue weighted by molar-refractivity contribution is -0.117. The van der Waals surface area contributed by atoms with E-state index < -0.39 is 5.91 Å². The van der Waals surface area contributed by atoms with Crippen LogP contribution in [0.1, 0.15) is 34.6 Å². The van der Waals surface area contributed by atoms with E-state index in [1.165, 1.54) is 16.9 Å². The number of rotatable bonds is 7. The number of carbonyl (C=O) groups is 2. The maximum atomic E-state index is 12.4. The Bertz CT molecular complexity index is 1030. The molecule has 1 aromatic carbocycles. The second-order valence-electron chi connectivity index (χ2n) is 7.64. The molecule has 1 aliphatic heterocycles. The van der Waals surface area contributed by atoms with Gasteiger partial charge in [-0.3, -0.25) is 14.9 Å². The fraction of sp³-hybridized carbons (Fsp3) is 0.318. The molecule has 1 saturated heterocycles. The molecule has 160 valence electrons. The van der Waals surface area contributed by atoms with Crippen molar-refractivity contribution in [2.24, 2.45) is 11.7 Å². The molecule has 0 bridgehead atoms. The van der Waals surface area contributed by atoms with Gasteiger partial charge in [-0.15, -0.1) is 21.5 Å². The highest BCUT2D eigenvalue weighted by molar-refractivity contribution is 7.14. The Balaban J connectivity index is 1.29. The number of amides is 2. The monoisotopic (exact) mass is 436 g/mol. The van der Waals surface area contributed by atoms with Crippen LogP contribution in [0.4, 0.5) is 10.9 Å². The van der Waals surface area contributed by atoms with Crippen LogP contribution in [0.5, 0.6) is 0 Å². The summed E-state index contributed by atoms with van der Waals surface area (Å²) in [6, 6.07) is 14.1. The molecule has 31 heavy (non-hydrogen) atoms. The molecule has 0 aliphatic carbocycles. The molecule has 4 rings (SSSR count). The molecule has 1 aliphatic rings. The molecule has 0 radical (unpaired) electrons. The van der Waals surface area contributed by atoms with Gasteiger partial charge in [-0.25, -0.2) is 4.98 Å². The van der Waals surface area contributed by atoms with Crippen LogP contribution < -0.4 is 16.0 Å². The zero-order valence-corrected chi connectivity index (χ0v) is 17.8. The average Bonchev–Trinajstić information content (AvgIpc) is 3.21. The quantitative estimate of drug-likeness (QED) is 0.589. The minimum Gasteiger partial charge on any atom is -0.369 e. The smallest absolute Gasteiger partial charge is 0.277 e. The molecule has 9 heteroatoms. The summed E-state index contributed by atoms with van der Waals surface area (Å²) in [4.78, 5) is 29.7. The lowest BCUT2D eigenvalue weighted by Gasteiger charge is -2.32. The number of primary amides is 1. The Morgan fingerprint density at radius 1 is 1.10 bits per heavy atom. The van der Waals surface area contributed by atoms with Gasteiger partial charge in [0.25, 0.3) is 5.91 Å². The van der Waals surface area contributed by atoms with Crippen molar-refractivity contribution in [3.8, 4) is 0 Å². The molecule has 3 N–H and O–H groups in total. The van der Waals surface area contributed by atoms with E-state index in [4.69, 9.17) is 5.73 Å². The first-order chi connectivity index (χ1) is 15.1. The van der Waals surface area contributed by atoms with Crippen molar-refractivity contribution in [2.75, 3.05) is 23.3 Å². The minimum absolute atomic E-state index is 0.0446. The molecule has 3 aromatic rings. The first-order valence-corrected chi connectivity index (χ1v) is 11.1. The van der Waals surface area contributed by atoms with Crippen LogP contribution in [-0.2, 0) is 17.6 Å². The van der Waals surface area contributed by atoms with Crippen molar-refractivity contribution in [1.29, 1.82) is 0 Å². The Morgan fingerprint density at radius 2 is 1.87 bits per heavy atom. The molecule has 1 fully saturated rings. The van der Waals surface area contributed by atoms with Crippen molar-refractivity contribution < 1.29 is 9.59 Å². The summed E-state index contributed by atoms with van der Waals surface area (Å²) in [5, 5.41) is 13.1. The summed E-state index contributed by atoms with van der Waals surface area (Å²) >= 11 is 1.23. The zero-order valence-electron chi connectivity index (χ0n) is 17.0. The van der Waals surface area contributed by atoms with Crippen molar-refractivity contribution in [1.82, 2.24) is 15.2 Å². The minimum atomic E-state index is -0.464. The molecule has 8 nitrogen and oxygen atoms in total. The van der Waals surface area contributed by atoms with Gasteiger partial charge in [-0.2, -0.15) is 0 Å². The molecule has 2 aromatic heterocycles. The lowest BCUT2D eigenvalue weighted by atomic mass is 9.90. The molecule has 2 amide bonds. The van der Waals surface area contributed by atoms with Gasteiger partial charge in [0.05, 0.1) is 12.1 Å². The molecule has 0 saturated carbocycles. The Morgan fingerprint density at radius 3 is 2.55 bits per heavy atom. The van der Waals surface area contributed by atoms with E-state index in [0.29, 0.717) is 16.7 Å². The normalized spacial score (nSPS) is 14.4.